The van der Waals surface area contributed by atoms with Gasteiger partial charge in [-0.3, -0.25) is 0 Å². The molecule has 2 N–H and O–H groups in total. The molecule has 0 radical (unpaired) electrons. The van der Waals surface area contributed by atoms with Crippen LogP contribution in [0.2, 0.25) is 0 Å². The molecule has 3 heteroatoms. The molecule has 2 aromatic carbocycles. The van der Waals surface area contributed by atoms with Gasteiger partial charge >= 0.3 is 0 Å². The summed E-state index contributed by atoms with van der Waals surface area (Å²) in [5.41, 5.74) is 1.65. The summed E-state index contributed by atoms with van der Waals surface area (Å²) in [4.78, 5) is 0. The van der Waals surface area contributed by atoms with Crippen LogP contribution in [0, 0.1) is 0 Å². The monoisotopic (exact) mass is 344 g/mol. The minimum Gasteiger partial charge on any atom is -0.507 e. The van der Waals surface area contributed by atoms with Crippen LogP contribution in [0.25, 0.3) is 0 Å². The quantitative estimate of drug-likeness (QED) is 0.772. The Hall–Kier alpha value is -1.53. The van der Waals surface area contributed by atoms with Crippen LogP contribution in [-0.4, -0.2) is 16.9 Å². The van der Waals surface area contributed by atoms with Gasteiger partial charge < -0.3 is 10.2 Å². The minimum atomic E-state index is -0.839. The van der Waals surface area contributed by atoms with Crippen molar-refractivity contribution in [2.24, 2.45) is 0 Å². The van der Waals surface area contributed by atoms with E-state index in [4.69, 9.17) is 0 Å². The van der Waals surface area contributed by atoms with Gasteiger partial charge in [0.25, 0.3) is 0 Å². The molecule has 0 heterocycles. The zero-order valence-corrected chi connectivity index (χ0v) is 16.7. The second-order valence-electron chi connectivity index (χ2n) is 8.41. The van der Waals surface area contributed by atoms with E-state index in [-0.39, 0.29) is 10.8 Å². The summed E-state index contributed by atoms with van der Waals surface area (Å²) in [7, 11) is -0.839. The lowest BCUT2D eigenvalue weighted by atomic mass is 9.86. The Bertz CT molecular complexity index is 673. The van der Waals surface area contributed by atoms with Gasteiger partial charge in [0, 0.05) is 10.6 Å². The first-order valence-corrected chi connectivity index (χ1v) is 10.1. The van der Waals surface area contributed by atoms with Gasteiger partial charge in [-0.05, 0) is 36.5 Å². The van der Waals surface area contributed by atoms with Gasteiger partial charge in [0.15, 0.2) is 0 Å². The van der Waals surface area contributed by atoms with Crippen molar-refractivity contribution in [1.82, 2.24) is 0 Å². The van der Waals surface area contributed by atoms with Crippen LogP contribution in [-0.2, 0) is 10.8 Å². The van der Waals surface area contributed by atoms with Gasteiger partial charge in [0.1, 0.15) is 11.5 Å². The lowest BCUT2D eigenvalue weighted by Crippen LogP contribution is -2.20. The summed E-state index contributed by atoms with van der Waals surface area (Å²) in [5, 5.41) is 23.5. The van der Waals surface area contributed by atoms with E-state index in [1.165, 1.54) is 0 Å². The lowest BCUT2D eigenvalue weighted by Gasteiger charge is -2.26. The van der Waals surface area contributed by atoms with Crippen LogP contribution >= 0.6 is 7.92 Å². The van der Waals surface area contributed by atoms with Crippen molar-refractivity contribution in [3.05, 3.63) is 47.5 Å². The molecule has 130 valence electrons. The molecule has 0 fully saturated rings. The highest BCUT2D eigenvalue weighted by atomic mass is 31.1. The molecule has 2 nitrogen and oxygen atoms in total. The molecule has 0 aromatic heterocycles. The Labute approximate surface area is 147 Å². The summed E-state index contributed by atoms with van der Waals surface area (Å²) < 4.78 is 0. The molecular formula is C21H29O2P. The lowest BCUT2D eigenvalue weighted by molar-refractivity contribution is 0.450. The van der Waals surface area contributed by atoms with Crippen molar-refractivity contribution in [1.29, 1.82) is 0 Å². The molecule has 0 aliphatic rings. The third-order valence-electron chi connectivity index (χ3n) is 4.37. The van der Waals surface area contributed by atoms with Crippen molar-refractivity contribution >= 4 is 18.5 Å². The fraction of sp³-hybridized carbons (Fsp3) is 0.429. The second kappa shape index (κ2) is 6.41. The molecule has 0 atom stereocenters. The molecular weight excluding hydrogens is 315 g/mol. The van der Waals surface area contributed by atoms with Gasteiger partial charge in [-0.15, -0.1) is 0 Å². The average molecular weight is 344 g/mol. The van der Waals surface area contributed by atoms with E-state index < -0.39 is 7.92 Å². The molecule has 2 rings (SSSR count). The third-order valence-corrected chi connectivity index (χ3v) is 6.54. The van der Waals surface area contributed by atoms with E-state index in [9.17, 15) is 10.2 Å². The van der Waals surface area contributed by atoms with Crippen LogP contribution in [0.1, 0.15) is 52.7 Å². The largest absolute Gasteiger partial charge is 0.507 e. The maximum absolute atomic E-state index is 10.8. The molecule has 0 saturated carbocycles. The SMILES string of the molecule is CP(c1cccc(C(C)(C)C)c1O)c1cccc(C(C)(C)C)c1O. The molecule has 24 heavy (non-hydrogen) atoms. The van der Waals surface area contributed by atoms with Crippen LogP contribution < -0.4 is 10.6 Å². The second-order valence-corrected chi connectivity index (χ2v) is 10.5. The van der Waals surface area contributed by atoms with E-state index in [0.29, 0.717) is 11.5 Å². The van der Waals surface area contributed by atoms with Crippen molar-refractivity contribution in [3.8, 4) is 11.5 Å². The van der Waals surface area contributed by atoms with E-state index in [1.807, 2.05) is 36.4 Å². The number of benzene rings is 2. The average Bonchev–Trinajstić information content (AvgIpc) is 2.44. The van der Waals surface area contributed by atoms with Gasteiger partial charge in [-0.25, -0.2) is 0 Å². The van der Waals surface area contributed by atoms with Crippen LogP contribution in [0.3, 0.4) is 0 Å². The number of para-hydroxylation sites is 2. The van der Waals surface area contributed by atoms with E-state index in [1.54, 1.807) is 0 Å². The molecule has 2 aromatic rings. The Balaban J connectivity index is 2.57. The molecule has 0 unspecified atom stereocenters. The Kier molecular flexibility index (Phi) is 5.02. The highest BCUT2D eigenvalue weighted by Gasteiger charge is 2.26. The Morgan fingerprint density at radius 1 is 0.667 bits per heavy atom. The fourth-order valence-electron chi connectivity index (χ4n) is 2.94. The number of hydrogen-bond acceptors (Lipinski definition) is 2. The predicted molar refractivity (Wildman–Crippen MR) is 106 cm³/mol. The summed E-state index contributed by atoms with van der Waals surface area (Å²) >= 11 is 0. The maximum Gasteiger partial charge on any atom is 0.127 e. The summed E-state index contributed by atoms with van der Waals surface area (Å²) in [6.45, 7) is 14.7. The normalized spacial score (nSPS) is 12.7. The van der Waals surface area contributed by atoms with Gasteiger partial charge in [-0.2, -0.15) is 0 Å². The minimum absolute atomic E-state index is 0.119. The summed E-state index contributed by atoms with van der Waals surface area (Å²) in [6.07, 6.45) is 0. The van der Waals surface area contributed by atoms with Crippen LogP contribution in [0.15, 0.2) is 36.4 Å². The molecule has 0 aliphatic carbocycles. The summed E-state index contributed by atoms with van der Waals surface area (Å²) in [6, 6.07) is 11.9. The van der Waals surface area contributed by atoms with Crippen molar-refractivity contribution in [3.63, 3.8) is 0 Å². The van der Waals surface area contributed by atoms with Crippen molar-refractivity contribution in [2.75, 3.05) is 6.66 Å². The maximum atomic E-state index is 10.8. The number of aromatic hydroxyl groups is 2. The van der Waals surface area contributed by atoms with E-state index in [0.717, 1.165) is 21.7 Å². The first-order valence-electron chi connectivity index (χ1n) is 8.33. The fourth-order valence-corrected chi connectivity index (χ4v) is 4.70. The highest BCUT2D eigenvalue weighted by molar-refractivity contribution is 7.72. The topological polar surface area (TPSA) is 40.5 Å². The van der Waals surface area contributed by atoms with Gasteiger partial charge in [-0.1, -0.05) is 77.9 Å². The third kappa shape index (κ3) is 3.59. The van der Waals surface area contributed by atoms with E-state index >= 15 is 0 Å². The zero-order chi connectivity index (χ0) is 18.3. The standard InChI is InChI=1S/C21H29O2P/c1-20(2,3)14-10-8-12-16(18(14)22)24(7)17-13-9-11-15(19(17)23)21(4,5)6/h8-13,22-23H,1-7H3. The number of hydrogen-bond donors (Lipinski definition) is 2. The molecule has 0 bridgehead atoms. The molecule has 0 saturated heterocycles. The number of rotatable bonds is 2. The Morgan fingerprint density at radius 2 is 1.00 bits per heavy atom. The number of phenolic OH excluding ortho intramolecular Hbond substituents is 2. The molecule has 0 spiro atoms. The van der Waals surface area contributed by atoms with Crippen LogP contribution in [0.5, 0.6) is 11.5 Å². The first-order chi connectivity index (χ1) is 10.9. The predicted octanol–water partition coefficient (Wildman–Crippen LogP) is 4.76. The highest BCUT2D eigenvalue weighted by Crippen LogP contribution is 2.42. The smallest absolute Gasteiger partial charge is 0.127 e. The van der Waals surface area contributed by atoms with Gasteiger partial charge in [0.2, 0.25) is 0 Å². The van der Waals surface area contributed by atoms with Gasteiger partial charge in [0.05, 0.1) is 0 Å². The first kappa shape index (κ1) is 18.8. The zero-order valence-electron chi connectivity index (χ0n) is 15.8. The van der Waals surface area contributed by atoms with E-state index in [2.05, 4.69) is 48.2 Å². The van der Waals surface area contributed by atoms with Crippen LogP contribution in [0.4, 0.5) is 0 Å². The van der Waals surface area contributed by atoms with Crippen molar-refractivity contribution < 1.29 is 10.2 Å². The Morgan fingerprint density at radius 3 is 1.29 bits per heavy atom. The number of phenols is 2. The molecule has 0 amide bonds. The summed E-state index contributed by atoms with van der Waals surface area (Å²) in [5.74, 6) is 0.721. The molecule has 0 aliphatic heterocycles. The van der Waals surface area contributed by atoms with Crippen molar-refractivity contribution in [2.45, 2.75) is 52.4 Å².